The van der Waals surface area contributed by atoms with Crippen molar-refractivity contribution in [3.05, 3.63) is 221 Å². The predicted octanol–water partition coefficient (Wildman–Crippen LogP) is 13.6. The van der Waals surface area contributed by atoms with E-state index in [2.05, 4.69) is 159 Å². The lowest BCUT2D eigenvalue weighted by molar-refractivity contribution is 0.476. The fraction of sp³-hybridized carbons (Fsp3) is 0.115. The van der Waals surface area contributed by atoms with Gasteiger partial charge in [0.05, 0.1) is 0 Å². The molecule has 10 rings (SSSR count). The van der Waals surface area contributed by atoms with Crippen LogP contribution in [0.4, 0.5) is 0 Å². The van der Waals surface area contributed by atoms with E-state index in [1.807, 2.05) is 44.2 Å². The van der Waals surface area contributed by atoms with Crippen molar-refractivity contribution in [3.63, 3.8) is 0 Å². The van der Waals surface area contributed by atoms with Crippen LogP contribution < -0.4 is 0 Å². The Morgan fingerprint density at radius 3 is 1.04 bits per heavy atom. The van der Waals surface area contributed by atoms with Crippen molar-refractivity contribution in [3.8, 4) is 39.1 Å². The van der Waals surface area contributed by atoms with Crippen LogP contribution in [0.25, 0.3) is 44.2 Å². The summed E-state index contributed by atoms with van der Waals surface area (Å²) in [6, 6.07) is 67.3. The normalized spacial score (nSPS) is 13.7. The molecular formula is C52H44O. The molecule has 0 heterocycles. The van der Waals surface area contributed by atoms with Gasteiger partial charge in [-0.15, -0.1) is 0 Å². The van der Waals surface area contributed by atoms with E-state index in [1.54, 1.807) is 12.1 Å². The van der Waals surface area contributed by atoms with E-state index in [1.165, 1.54) is 66.8 Å². The number of rotatable bonds is 3. The largest absolute Gasteiger partial charge is 0.508 e. The van der Waals surface area contributed by atoms with Crippen LogP contribution in [-0.4, -0.2) is 5.11 Å². The highest BCUT2D eigenvalue weighted by Crippen LogP contribution is 2.53. The molecule has 1 N–H and O–H groups in total. The van der Waals surface area contributed by atoms with Gasteiger partial charge < -0.3 is 5.11 Å². The van der Waals surface area contributed by atoms with Crippen molar-refractivity contribution in [2.75, 3.05) is 0 Å². The third-order valence-corrected chi connectivity index (χ3v) is 11.4. The second-order valence-corrected chi connectivity index (χ2v) is 14.1. The molecule has 0 fully saturated rings. The summed E-state index contributed by atoms with van der Waals surface area (Å²) in [5.74, 6) is 0.323. The first-order chi connectivity index (χ1) is 26.0. The Kier molecular flexibility index (Phi) is 8.80. The molecule has 2 aliphatic carbocycles. The minimum atomic E-state index is -0.159. The van der Waals surface area contributed by atoms with E-state index in [4.69, 9.17) is 5.11 Å². The standard InChI is InChI=1S/C40H30.C10H8O.C2H6/c1-39(35-15-7-3-11-31(35)32-12-4-8-16-36(32)39)29-23-19-27(20-24-29)28-21-25-30(26-22-28)40(2)37-17-9-5-13-33(37)34-14-6-10-18-38(34)40;11-10-6-5-8-3-1-2-4-9(8)7-10;1-2/h3-26H,1-2H3;1-7,11H;1-2H3. The quantitative estimate of drug-likeness (QED) is 0.196. The first kappa shape index (κ1) is 33.9. The van der Waals surface area contributed by atoms with E-state index in [-0.39, 0.29) is 10.8 Å². The van der Waals surface area contributed by atoms with E-state index >= 15 is 0 Å². The molecule has 2 aliphatic rings. The Bertz CT molecular complexity index is 2320. The van der Waals surface area contributed by atoms with Crippen molar-refractivity contribution in [2.45, 2.75) is 38.5 Å². The zero-order valence-electron chi connectivity index (χ0n) is 30.8. The summed E-state index contributed by atoms with van der Waals surface area (Å²) in [6.45, 7) is 8.75. The van der Waals surface area contributed by atoms with Gasteiger partial charge in [-0.3, -0.25) is 0 Å². The first-order valence-electron chi connectivity index (χ1n) is 18.7. The van der Waals surface area contributed by atoms with Crippen LogP contribution in [0, 0.1) is 0 Å². The van der Waals surface area contributed by atoms with Crippen molar-refractivity contribution < 1.29 is 5.11 Å². The fourth-order valence-corrected chi connectivity index (χ4v) is 8.70. The van der Waals surface area contributed by atoms with Gasteiger partial charge in [0.1, 0.15) is 5.75 Å². The summed E-state index contributed by atoms with van der Waals surface area (Å²) >= 11 is 0. The minimum Gasteiger partial charge on any atom is -0.508 e. The summed E-state index contributed by atoms with van der Waals surface area (Å²) in [6.07, 6.45) is 0. The van der Waals surface area contributed by atoms with E-state index in [9.17, 15) is 0 Å². The third-order valence-electron chi connectivity index (χ3n) is 11.4. The monoisotopic (exact) mass is 684 g/mol. The molecule has 0 bridgehead atoms. The maximum Gasteiger partial charge on any atom is 0.116 e. The molecule has 0 saturated heterocycles. The van der Waals surface area contributed by atoms with Gasteiger partial charge in [0.15, 0.2) is 0 Å². The Morgan fingerprint density at radius 1 is 0.340 bits per heavy atom. The van der Waals surface area contributed by atoms with Crippen molar-refractivity contribution in [1.82, 2.24) is 0 Å². The number of fused-ring (bicyclic) bond motifs is 7. The van der Waals surface area contributed by atoms with E-state index in [0.717, 1.165) is 10.8 Å². The number of aromatic hydroxyl groups is 1. The Morgan fingerprint density at radius 2 is 0.660 bits per heavy atom. The minimum absolute atomic E-state index is 0.159. The van der Waals surface area contributed by atoms with Gasteiger partial charge in [-0.2, -0.15) is 0 Å². The van der Waals surface area contributed by atoms with Crippen molar-refractivity contribution >= 4 is 10.8 Å². The van der Waals surface area contributed by atoms with Crippen LogP contribution in [0.15, 0.2) is 188 Å². The van der Waals surface area contributed by atoms with Gasteiger partial charge in [0, 0.05) is 10.8 Å². The fourth-order valence-electron chi connectivity index (χ4n) is 8.70. The van der Waals surface area contributed by atoms with Gasteiger partial charge in [-0.1, -0.05) is 190 Å². The lowest BCUT2D eigenvalue weighted by atomic mass is 9.73. The number of benzene rings is 8. The Labute approximate surface area is 313 Å². The topological polar surface area (TPSA) is 20.2 Å². The molecule has 0 amide bonds. The summed E-state index contributed by atoms with van der Waals surface area (Å²) in [5.41, 5.74) is 15.8. The SMILES string of the molecule is CC.CC1(c2ccc(-c3ccc(C4(C)c5ccccc5-c5ccccc54)cc3)cc2)c2ccccc2-c2ccccc21.Oc1ccc2ccccc2c1. The summed E-state index contributed by atoms with van der Waals surface area (Å²) in [4.78, 5) is 0. The van der Waals surface area contributed by atoms with Crippen molar-refractivity contribution in [2.24, 2.45) is 0 Å². The number of phenolic OH excluding ortho intramolecular Hbond substituents is 1. The van der Waals surface area contributed by atoms with Crippen LogP contribution >= 0.6 is 0 Å². The maximum absolute atomic E-state index is 9.13. The highest BCUT2D eigenvalue weighted by Gasteiger charge is 2.41. The van der Waals surface area contributed by atoms with Crippen LogP contribution in [-0.2, 0) is 10.8 Å². The lowest BCUT2D eigenvalue weighted by Gasteiger charge is -2.29. The van der Waals surface area contributed by atoms with Crippen molar-refractivity contribution in [1.29, 1.82) is 0 Å². The van der Waals surface area contributed by atoms with Gasteiger partial charge in [-0.25, -0.2) is 0 Å². The molecule has 0 spiro atoms. The number of hydrogen-bond donors (Lipinski definition) is 1. The first-order valence-corrected chi connectivity index (χ1v) is 18.7. The molecule has 258 valence electrons. The zero-order valence-corrected chi connectivity index (χ0v) is 30.8. The van der Waals surface area contributed by atoms with Gasteiger partial charge in [-0.05, 0) is 104 Å². The summed E-state index contributed by atoms with van der Waals surface area (Å²) in [7, 11) is 0. The van der Waals surface area contributed by atoms with Crippen LogP contribution in [0.1, 0.15) is 61.1 Å². The Balaban J connectivity index is 0.000000261. The third kappa shape index (κ3) is 5.56. The average Bonchev–Trinajstić information content (AvgIpc) is 3.65. The van der Waals surface area contributed by atoms with Gasteiger partial charge >= 0.3 is 0 Å². The van der Waals surface area contributed by atoms with Crippen LogP contribution in [0.2, 0.25) is 0 Å². The van der Waals surface area contributed by atoms with Gasteiger partial charge in [0.25, 0.3) is 0 Å². The summed E-state index contributed by atoms with van der Waals surface area (Å²) < 4.78 is 0. The molecule has 8 aromatic carbocycles. The molecule has 1 heteroatoms. The predicted molar refractivity (Wildman–Crippen MR) is 224 cm³/mol. The molecule has 0 radical (unpaired) electrons. The molecule has 0 aliphatic heterocycles. The van der Waals surface area contributed by atoms with E-state index in [0.29, 0.717) is 5.75 Å². The zero-order chi connectivity index (χ0) is 36.6. The highest BCUT2D eigenvalue weighted by molar-refractivity contribution is 5.85. The van der Waals surface area contributed by atoms with E-state index < -0.39 is 0 Å². The molecular weight excluding hydrogens is 641 g/mol. The highest BCUT2D eigenvalue weighted by atomic mass is 16.3. The lowest BCUT2D eigenvalue weighted by Crippen LogP contribution is -2.22. The molecule has 1 nitrogen and oxygen atoms in total. The second kappa shape index (κ2) is 13.7. The summed E-state index contributed by atoms with van der Waals surface area (Å²) in [5, 5.41) is 11.4. The number of phenols is 1. The molecule has 0 unspecified atom stereocenters. The van der Waals surface area contributed by atoms with Crippen LogP contribution in [0.5, 0.6) is 5.75 Å². The second-order valence-electron chi connectivity index (χ2n) is 14.1. The Hall–Kier alpha value is -6.18. The molecule has 53 heavy (non-hydrogen) atoms. The maximum atomic E-state index is 9.13. The van der Waals surface area contributed by atoms with Gasteiger partial charge in [0.2, 0.25) is 0 Å². The molecule has 0 aromatic heterocycles. The molecule has 8 aromatic rings. The molecule has 0 atom stereocenters. The molecule has 0 saturated carbocycles. The van der Waals surface area contributed by atoms with Crippen LogP contribution in [0.3, 0.4) is 0 Å². The smallest absolute Gasteiger partial charge is 0.116 e. The average molecular weight is 685 g/mol. The number of hydrogen-bond acceptors (Lipinski definition) is 1.